The number of aromatic nitrogens is 1. The summed E-state index contributed by atoms with van der Waals surface area (Å²) in [6.07, 6.45) is 1.82. The third kappa shape index (κ3) is 3.31. The first-order valence-corrected chi connectivity index (χ1v) is 6.07. The molecular formula is C15H18N2O. The van der Waals surface area contributed by atoms with Crippen LogP contribution in [0.5, 0.6) is 0 Å². The molecule has 1 aromatic heterocycles. The molecule has 18 heavy (non-hydrogen) atoms. The average Bonchev–Trinajstić information content (AvgIpc) is 2.38. The van der Waals surface area contributed by atoms with Gasteiger partial charge in [-0.2, -0.15) is 0 Å². The molecule has 0 saturated heterocycles. The number of hydrogen-bond donors (Lipinski definition) is 1. The van der Waals surface area contributed by atoms with E-state index in [4.69, 9.17) is 4.74 Å². The van der Waals surface area contributed by atoms with Crippen molar-refractivity contribution in [1.82, 2.24) is 4.98 Å². The lowest BCUT2D eigenvalue weighted by atomic mass is 10.2. The van der Waals surface area contributed by atoms with Crippen LogP contribution < -0.4 is 5.32 Å². The highest BCUT2D eigenvalue weighted by Gasteiger charge is 1.99. The SMILES string of the molecule is C=C(C)COCCNc1ccnc2ccccc12. The zero-order valence-electron chi connectivity index (χ0n) is 10.6. The molecule has 1 heterocycles. The molecule has 2 rings (SSSR count). The second-order valence-electron chi connectivity index (χ2n) is 4.31. The summed E-state index contributed by atoms with van der Waals surface area (Å²) < 4.78 is 5.45. The number of hydrogen-bond acceptors (Lipinski definition) is 3. The van der Waals surface area contributed by atoms with Crippen LogP contribution in [0.3, 0.4) is 0 Å². The Labute approximate surface area is 107 Å². The highest BCUT2D eigenvalue weighted by atomic mass is 16.5. The number of benzene rings is 1. The lowest BCUT2D eigenvalue weighted by Crippen LogP contribution is -2.10. The number of fused-ring (bicyclic) bond motifs is 1. The third-order valence-electron chi connectivity index (χ3n) is 2.56. The Bertz CT molecular complexity index is 532. The quantitative estimate of drug-likeness (QED) is 0.623. The maximum Gasteiger partial charge on any atom is 0.0722 e. The fourth-order valence-electron chi connectivity index (χ4n) is 1.75. The van der Waals surface area contributed by atoms with Gasteiger partial charge in [-0.1, -0.05) is 30.4 Å². The van der Waals surface area contributed by atoms with E-state index < -0.39 is 0 Å². The van der Waals surface area contributed by atoms with Crippen molar-refractivity contribution in [3.63, 3.8) is 0 Å². The molecule has 94 valence electrons. The van der Waals surface area contributed by atoms with E-state index in [0.29, 0.717) is 13.2 Å². The number of anilines is 1. The second kappa shape index (κ2) is 6.17. The van der Waals surface area contributed by atoms with Gasteiger partial charge in [0.1, 0.15) is 0 Å². The summed E-state index contributed by atoms with van der Waals surface area (Å²) in [5, 5.41) is 4.51. The summed E-state index contributed by atoms with van der Waals surface area (Å²) in [4.78, 5) is 4.33. The molecule has 0 atom stereocenters. The van der Waals surface area contributed by atoms with Crippen molar-refractivity contribution < 1.29 is 4.74 Å². The minimum Gasteiger partial charge on any atom is -0.382 e. The van der Waals surface area contributed by atoms with Crippen LogP contribution >= 0.6 is 0 Å². The Hall–Kier alpha value is -1.87. The lowest BCUT2D eigenvalue weighted by Gasteiger charge is -2.09. The Balaban J connectivity index is 1.93. The molecule has 1 N–H and O–H groups in total. The molecule has 0 spiro atoms. The number of ether oxygens (including phenoxy) is 1. The zero-order chi connectivity index (χ0) is 12.8. The van der Waals surface area contributed by atoms with Crippen LogP contribution in [-0.4, -0.2) is 24.7 Å². The molecule has 0 unspecified atom stereocenters. The molecule has 3 nitrogen and oxygen atoms in total. The highest BCUT2D eigenvalue weighted by Crippen LogP contribution is 2.20. The predicted molar refractivity (Wildman–Crippen MR) is 75.9 cm³/mol. The smallest absolute Gasteiger partial charge is 0.0722 e. The first-order chi connectivity index (χ1) is 8.77. The van der Waals surface area contributed by atoms with Crippen molar-refractivity contribution in [3.8, 4) is 0 Å². The van der Waals surface area contributed by atoms with Gasteiger partial charge < -0.3 is 10.1 Å². The fraction of sp³-hybridized carbons (Fsp3) is 0.267. The normalized spacial score (nSPS) is 10.5. The molecule has 0 bridgehead atoms. The summed E-state index contributed by atoms with van der Waals surface area (Å²) in [5.74, 6) is 0. The molecule has 0 aliphatic carbocycles. The first-order valence-electron chi connectivity index (χ1n) is 6.07. The molecule has 3 heteroatoms. The van der Waals surface area contributed by atoms with Gasteiger partial charge in [0.2, 0.25) is 0 Å². The molecular weight excluding hydrogens is 224 g/mol. The molecule has 1 aromatic carbocycles. The Kier molecular flexibility index (Phi) is 4.31. The molecule has 0 fully saturated rings. The van der Waals surface area contributed by atoms with Crippen molar-refractivity contribution in [2.45, 2.75) is 6.92 Å². The molecule has 0 saturated carbocycles. The standard InChI is InChI=1S/C15H18N2O/c1-12(2)11-18-10-9-17-15-7-8-16-14-6-4-3-5-13(14)15/h3-8H,1,9-11H2,2H3,(H,16,17). The maximum atomic E-state index is 5.45. The minimum absolute atomic E-state index is 0.624. The number of rotatable bonds is 6. The summed E-state index contributed by atoms with van der Waals surface area (Å²) in [6, 6.07) is 10.1. The molecule has 0 radical (unpaired) electrons. The van der Waals surface area contributed by atoms with Crippen LogP contribution in [0.1, 0.15) is 6.92 Å². The van der Waals surface area contributed by atoms with E-state index in [-0.39, 0.29) is 0 Å². The van der Waals surface area contributed by atoms with E-state index in [0.717, 1.165) is 28.7 Å². The summed E-state index contributed by atoms with van der Waals surface area (Å²) in [5.41, 5.74) is 3.15. The minimum atomic E-state index is 0.624. The van der Waals surface area contributed by atoms with Crippen LogP contribution in [0.2, 0.25) is 0 Å². The maximum absolute atomic E-state index is 5.45. The summed E-state index contributed by atoms with van der Waals surface area (Å²) in [7, 11) is 0. The van der Waals surface area contributed by atoms with Crippen LogP contribution in [-0.2, 0) is 4.74 Å². The Morgan fingerprint density at radius 1 is 1.33 bits per heavy atom. The molecule has 0 aliphatic rings. The largest absolute Gasteiger partial charge is 0.382 e. The topological polar surface area (TPSA) is 34.1 Å². The van der Waals surface area contributed by atoms with Crippen LogP contribution in [0, 0.1) is 0 Å². The second-order valence-corrected chi connectivity index (χ2v) is 4.31. The number of nitrogens with zero attached hydrogens (tertiary/aromatic N) is 1. The van der Waals surface area contributed by atoms with Crippen molar-refractivity contribution in [2.24, 2.45) is 0 Å². The first kappa shape index (κ1) is 12.6. The van der Waals surface area contributed by atoms with Crippen molar-refractivity contribution in [1.29, 1.82) is 0 Å². The highest BCUT2D eigenvalue weighted by molar-refractivity contribution is 5.90. The summed E-state index contributed by atoms with van der Waals surface area (Å²) in [6.45, 7) is 7.83. The number of nitrogens with one attached hydrogen (secondary N) is 1. The van der Waals surface area contributed by atoms with Crippen LogP contribution in [0.4, 0.5) is 5.69 Å². The van der Waals surface area contributed by atoms with Gasteiger partial charge in [0.05, 0.1) is 18.7 Å². The van der Waals surface area contributed by atoms with Gasteiger partial charge in [-0.3, -0.25) is 4.98 Å². The van der Waals surface area contributed by atoms with E-state index in [2.05, 4.69) is 22.9 Å². The number of pyridine rings is 1. The van der Waals surface area contributed by atoms with Gasteiger partial charge in [0.15, 0.2) is 0 Å². The van der Waals surface area contributed by atoms with Gasteiger partial charge >= 0.3 is 0 Å². The van der Waals surface area contributed by atoms with E-state index >= 15 is 0 Å². The van der Waals surface area contributed by atoms with Gasteiger partial charge in [0.25, 0.3) is 0 Å². The van der Waals surface area contributed by atoms with E-state index in [1.165, 1.54) is 0 Å². The predicted octanol–water partition coefficient (Wildman–Crippen LogP) is 3.24. The van der Waals surface area contributed by atoms with Crippen molar-refractivity contribution in [2.75, 3.05) is 25.1 Å². The average molecular weight is 242 g/mol. The lowest BCUT2D eigenvalue weighted by molar-refractivity contribution is 0.167. The molecule has 0 amide bonds. The van der Waals surface area contributed by atoms with Gasteiger partial charge in [-0.05, 0) is 19.1 Å². The molecule has 0 aliphatic heterocycles. The van der Waals surface area contributed by atoms with E-state index in [1.54, 1.807) is 0 Å². The summed E-state index contributed by atoms with van der Waals surface area (Å²) >= 11 is 0. The zero-order valence-corrected chi connectivity index (χ0v) is 10.6. The van der Waals surface area contributed by atoms with Crippen molar-refractivity contribution in [3.05, 3.63) is 48.7 Å². The van der Waals surface area contributed by atoms with Gasteiger partial charge in [-0.25, -0.2) is 0 Å². The van der Waals surface area contributed by atoms with E-state index in [1.807, 2.05) is 37.4 Å². The Morgan fingerprint density at radius 2 is 2.17 bits per heavy atom. The van der Waals surface area contributed by atoms with Gasteiger partial charge in [0, 0.05) is 23.8 Å². The Morgan fingerprint density at radius 3 is 3.00 bits per heavy atom. The van der Waals surface area contributed by atoms with E-state index in [9.17, 15) is 0 Å². The fourth-order valence-corrected chi connectivity index (χ4v) is 1.75. The van der Waals surface area contributed by atoms with Crippen LogP contribution in [0.25, 0.3) is 10.9 Å². The number of para-hydroxylation sites is 1. The molecule has 2 aromatic rings. The van der Waals surface area contributed by atoms with Gasteiger partial charge in [-0.15, -0.1) is 0 Å². The third-order valence-corrected chi connectivity index (χ3v) is 2.56. The van der Waals surface area contributed by atoms with Crippen molar-refractivity contribution >= 4 is 16.6 Å². The van der Waals surface area contributed by atoms with Crippen LogP contribution in [0.15, 0.2) is 48.7 Å². The monoisotopic (exact) mass is 242 g/mol.